The Morgan fingerprint density at radius 1 is 1.52 bits per heavy atom. The minimum Gasteiger partial charge on any atom is -0.348 e. The molecule has 0 aromatic heterocycles. The number of fused-ring (bicyclic) bond motifs is 1. The number of carbonyl (C=O) groups is 1. The van der Waals surface area contributed by atoms with Gasteiger partial charge in [-0.1, -0.05) is 28.1 Å². The van der Waals surface area contributed by atoms with Crippen LogP contribution in [0.1, 0.15) is 30.0 Å². The van der Waals surface area contributed by atoms with E-state index in [9.17, 15) is 13.2 Å². The van der Waals surface area contributed by atoms with Crippen LogP contribution in [-0.4, -0.2) is 32.4 Å². The first-order valence-corrected chi connectivity index (χ1v) is 9.64. The Morgan fingerprint density at radius 3 is 2.90 bits per heavy atom. The molecule has 1 aromatic carbocycles. The Kier molecular flexibility index (Phi) is 5.06. The first-order valence-electron chi connectivity index (χ1n) is 6.79. The molecule has 1 aliphatic rings. The van der Waals surface area contributed by atoms with Gasteiger partial charge in [0.25, 0.3) is 0 Å². The molecule has 0 saturated heterocycles. The zero-order valence-electron chi connectivity index (χ0n) is 11.8. The normalized spacial score (nSPS) is 19.1. The van der Waals surface area contributed by atoms with Crippen LogP contribution in [0, 0.1) is 0 Å². The fraction of sp³-hybridized carbons (Fsp3) is 0.500. The lowest BCUT2D eigenvalue weighted by molar-refractivity contribution is -0.123. The Hall–Kier alpha value is -0.920. The standard InChI is InChI=1S/C14H19BrN2O3S/c1-21(19,20)8-7-12(16)14(18)17-13-6-5-9-10(13)3-2-4-11(9)15/h2-4,12-13H,5-8,16H2,1H3,(H,17,18). The molecule has 0 spiro atoms. The van der Waals surface area contributed by atoms with Crippen LogP contribution in [0.2, 0.25) is 0 Å². The third kappa shape index (κ3) is 4.28. The zero-order chi connectivity index (χ0) is 15.6. The molecule has 21 heavy (non-hydrogen) atoms. The number of halogens is 1. The lowest BCUT2D eigenvalue weighted by Gasteiger charge is -2.17. The van der Waals surface area contributed by atoms with Gasteiger partial charge in [-0.05, 0) is 36.5 Å². The highest BCUT2D eigenvalue weighted by atomic mass is 79.9. The van der Waals surface area contributed by atoms with Gasteiger partial charge >= 0.3 is 0 Å². The summed E-state index contributed by atoms with van der Waals surface area (Å²) in [5, 5.41) is 2.92. The number of hydrogen-bond donors (Lipinski definition) is 2. The Labute approximate surface area is 133 Å². The van der Waals surface area contributed by atoms with Crippen LogP contribution < -0.4 is 11.1 Å². The van der Waals surface area contributed by atoms with E-state index in [4.69, 9.17) is 5.73 Å². The van der Waals surface area contributed by atoms with Gasteiger partial charge in [0.15, 0.2) is 0 Å². The molecule has 0 aliphatic heterocycles. The van der Waals surface area contributed by atoms with Crippen molar-refractivity contribution in [1.82, 2.24) is 5.32 Å². The molecule has 3 N–H and O–H groups in total. The molecule has 116 valence electrons. The monoisotopic (exact) mass is 374 g/mol. The fourth-order valence-corrected chi connectivity index (χ4v) is 3.77. The molecule has 0 bridgehead atoms. The second-order valence-electron chi connectivity index (χ2n) is 5.43. The number of hydrogen-bond acceptors (Lipinski definition) is 4. The van der Waals surface area contributed by atoms with Gasteiger partial charge in [-0.3, -0.25) is 4.79 Å². The number of amides is 1. The Morgan fingerprint density at radius 2 is 2.24 bits per heavy atom. The lowest BCUT2D eigenvalue weighted by atomic mass is 10.1. The molecule has 2 unspecified atom stereocenters. The van der Waals surface area contributed by atoms with Gasteiger partial charge in [0.05, 0.1) is 17.8 Å². The van der Waals surface area contributed by atoms with Gasteiger partial charge in [0.1, 0.15) is 9.84 Å². The molecular formula is C14H19BrN2O3S. The van der Waals surface area contributed by atoms with Crippen molar-refractivity contribution in [2.75, 3.05) is 12.0 Å². The van der Waals surface area contributed by atoms with Crippen LogP contribution in [-0.2, 0) is 21.1 Å². The van der Waals surface area contributed by atoms with Gasteiger partial charge in [-0.25, -0.2) is 8.42 Å². The number of nitrogens with one attached hydrogen (secondary N) is 1. The third-order valence-electron chi connectivity index (χ3n) is 3.67. The van der Waals surface area contributed by atoms with Crippen LogP contribution >= 0.6 is 15.9 Å². The summed E-state index contributed by atoms with van der Waals surface area (Å²) in [4.78, 5) is 12.1. The molecular weight excluding hydrogens is 356 g/mol. The van der Waals surface area contributed by atoms with Crippen molar-refractivity contribution in [2.45, 2.75) is 31.3 Å². The average molecular weight is 375 g/mol. The molecule has 0 radical (unpaired) electrons. The molecule has 2 atom stereocenters. The van der Waals surface area contributed by atoms with E-state index in [0.717, 1.165) is 29.1 Å². The maximum absolute atomic E-state index is 12.1. The minimum absolute atomic E-state index is 0.0470. The highest BCUT2D eigenvalue weighted by Crippen LogP contribution is 2.35. The first-order chi connectivity index (χ1) is 9.78. The predicted molar refractivity (Wildman–Crippen MR) is 85.6 cm³/mol. The van der Waals surface area contributed by atoms with Crippen LogP contribution in [0.15, 0.2) is 22.7 Å². The van der Waals surface area contributed by atoms with E-state index in [2.05, 4.69) is 21.2 Å². The number of benzene rings is 1. The van der Waals surface area contributed by atoms with Crippen molar-refractivity contribution in [3.63, 3.8) is 0 Å². The summed E-state index contributed by atoms with van der Waals surface area (Å²) in [6.45, 7) is 0. The molecule has 1 amide bonds. The van der Waals surface area contributed by atoms with Crippen molar-refractivity contribution < 1.29 is 13.2 Å². The number of sulfone groups is 1. The molecule has 7 heteroatoms. The van der Waals surface area contributed by atoms with Crippen molar-refractivity contribution in [2.24, 2.45) is 5.73 Å². The Balaban J connectivity index is 1.98. The van der Waals surface area contributed by atoms with E-state index in [-0.39, 0.29) is 24.1 Å². The van der Waals surface area contributed by atoms with E-state index in [1.165, 1.54) is 5.56 Å². The van der Waals surface area contributed by atoms with Gasteiger partial charge in [0.2, 0.25) is 5.91 Å². The van der Waals surface area contributed by atoms with Crippen molar-refractivity contribution in [3.8, 4) is 0 Å². The smallest absolute Gasteiger partial charge is 0.237 e. The molecule has 1 aromatic rings. The van der Waals surface area contributed by atoms with Crippen LogP contribution in [0.3, 0.4) is 0 Å². The summed E-state index contributed by atoms with van der Waals surface area (Å²) in [5.41, 5.74) is 8.09. The van der Waals surface area contributed by atoms with E-state index >= 15 is 0 Å². The van der Waals surface area contributed by atoms with Gasteiger partial charge < -0.3 is 11.1 Å². The number of nitrogens with two attached hydrogens (primary N) is 1. The van der Waals surface area contributed by atoms with Crippen molar-refractivity contribution in [1.29, 1.82) is 0 Å². The fourth-order valence-electron chi connectivity index (χ4n) is 2.51. The van der Waals surface area contributed by atoms with E-state index in [1.807, 2.05) is 18.2 Å². The SMILES string of the molecule is CS(=O)(=O)CCC(N)C(=O)NC1CCc2c(Br)cccc21. The molecule has 1 aliphatic carbocycles. The van der Waals surface area contributed by atoms with Gasteiger partial charge in [-0.15, -0.1) is 0 Å². The van der Waals surface area contributed by atoms with Crippen molar-refractivity contribution >= 4 is 31.7 Å². The third-order valence-corrected chi connectivity index (χ3v) is 5.39. The van der Waals surface area contributed by atoms with Crippen LogP contribution in [0.5, 0.6) is 0 Å². The summed E-state index contributed by atoms with van der Waals surface area (Å²) < 4.78 is 23.3. The van der Waals surface area contributed by atoms with Gasteiger partial charge in [-0.2, -0.15) is 0 Å². The summed E-state index contributed by atoms with van der Waals surface area (Å²) in [6, 6.07) is 5.09. The van der Waals surface area contributed by atoms with E-state index in [0.29, 0.717) is 0 Å². The van der Waals surface area contributed by atoms with Crippen LogP contribution in [0.4, 0.5) is 0 Å². The molecule has 5 nitrogen and oxygen atoms in total. The summed E-state index contributed by atoms with van der Waals surface area (Å²) >= 11 is 3.51. The number of carbonyl (C=O) groups excluding carboxylic acids is 1. The van der Waals surface area contributed by atoms with Crippen molar-refractivity contribution in [3.05, 3.63) is 33.8 Å². The molecule has 0 heterocycles. The topological polar surface area (TPSA) is 89.3 Å². The zero-order valence-corrected chi connectivity index (χ0v) is 14.2. The Bertz CT molecular complexity index is 646. The van der Waals surface area contributed by atoms with E-state index in [1.54, 1.807) is 0 Å². The average Bonchev–Trinajstić information content (AvgIpc) is 2.80. The second kappa shape index (κ2) is 6.46. The number of rotatable bonds is 5. The van der Waals surface area contributed by atoms with Crippen LogP contribution in [0.25, 0.3) is 0 Å². The summed E-state index contributed by atoms with van der Waals surface area (Å²) in [6.07, 6.45) is 3.02. The summed E-state index contributed by atoms with van der Waals surface area (Å²) in [7, 11) is -3.10. The summed E-state index contributed by atoms with van der Waals surface area (Å²) in [5.74, 6) is -0.370. The second-order valence-corrected chi connectivity index (χ2v) is 8.55. The highest BCUT2D eigenvalue weighted by Gasteiger charge is 2.27. The highest BCUT2D eigenvalue weighted by molar-refractivity contribution is 9.10. The molecule has 2 rings (SSSR count). The molecule has 0 saturated carbocycles. The first kappa shape index (κ1) is 16.5. The molecule has 0 fully saturated rings. The van der Waals surface area contributed by atoms with E-state index < -0.39 is 15.9 Å². The quantitative estimate of drug-likeness (QED) is 0.812. The maximum Gasteiger partial charge on any atom is 0.237 e. The van der Waals surface area contributed by atoms with Gasteiger partial charge in [0, 0.05) is 10.7 Å². The largest absolute Gasteiger partial charge is 0.348 e. The lowest BCUT2D eigenvalue weighted by Crippen LogP contribution is -2.42. The maximum atomic E-state index is 12.1. The minimum atomic E-state index is -3.10. The predicted octanol–water partition coefficient (Wildman–Crippen LogP) is 1.31.